The molecule has 1 rings (SSSR count). The summed E-state index contributed by atoms with van der Waals surface area (Å²) in [6, 6.07) is 9.38. The Morgan fingerprint density at radius 3 is 2.12 bits per heavy atom. The number of carbonyl (C=O) groups is 2. The molecule has 1 atom stereocenters. The van der Waals surface area contributed by atoms with E-state index in [0.29, 0.717) is 6.42 Å². The summed E-state index contributed by atoms with van der Waals surface area (Å²) in [5.41, 5.74) is -0.113. The van der Waals surface area contributed by atoms with E-state index in [2.05, 4.69) is 5.32 Å². The lowest BCUT2D eigenvalue weighted by molar-refractivity contribution is -0.153. The van der Waals surface area contributed by atoms with Crippen LogP contribution in [0.3, 0.4) is 0 Å². The number of hydrogen-bond acceptors (Lipinski definition) is 4. The molecular formula is C19H29NO4. The molecule has 0 unspecified atom stereocenters. The summed E-state index contributed by atoms with van der Waals surface area (Å²) < 4.78 is 10.7. The van der Waals surface area contributed by atoms with Crippen LogP contribution in [0, 0.1) is 5.41 Å². The van der Waals surface area contributed by atoms with Gasteiger partial charge in [0, 0.05) is 0 Å². The third kappa shape index (κ3) is 7.99. The van der Waals surface area contributed by atoms with Crippen molar-refractivity contribution in [1.29, 1.82) is 0 Å². The van der Waals surface area contributed by atoms with E-state index in [0.717, 1.165) is 5.56 Å². The van der Waals surface area contributed by atoms with E-state index in [4.69, 9.17) is 9.47 Å². The van der Waals surface area contributed by atoms with Crippen LogP contribution in [0.4, 0.5) is 4.79 Å². The molecule has 5 nitrogen and oxygen atoms in total. The van der Waals surface area contributed by atoms with Gasteiger partial charge in [-0.2, -0.15) is 0 Å². The Morgan fingerprint density at radius 2 is 1.62 bits per heavy atom. The molecular weight excluding hydrogens is 306 g/mol. The van der Waals surface area contributed by atoms with Gasteiger partial charge >= 0.3 is 12.1 Å². The van der Waals surface area contributed by atoms with Gasteiger partial charge in [0.25, 0.3) is 0 Å². The van der Waals surface area contributed by atoms with E-state index in [9.17, 15) is 9.59 Å². The van der Waals surface area contributed by atoms with E-state index in [1.54, 1.807) is 41.5 Å². The normalized spacial score (nSPS) is 13.1. The van der Waals surface area contributed by atoms with Gasteiger partial charge in [-0.15, -0.1) is 0 Å². The van der Waals surface area contributed by atoms with Crippen molar-refractivity contribution >= 4 is 12.1 Å². The fraction of sp³-hybridized carbons (Fsp3) is 0.579. The van der Waals surface area contributed by atoms with Crippen molar-refractivity contribution in [3.63, 3.8) is 0 Å². The molecule has 1 aromatic carbocycles. The van der Waals surface area contributed by atoms with Crippen LogP contribution in [-0.2, 0) is 20.7 Å². The van der Waals surface area contributed by atoms with Crippen molar-refractivity contribution in [1.82, 2.24) is 5.32 Å². The molecule has 5 heteroatoms. The molecule has 24 heavy (non-hydrogen) atoms. The lowest BCUT2D eigenvalue weighted by Gasteiger charge is -2.25. The molecule has 0 heterocycles. The van der Waals surface area contributed by atoms with E-state index in [-0.39, 0.29) is 18.6 Å². The van der Waals surface area contributed by atoms with Crippen molar-refractivity contribution in [2.45, 2.75) is 59.6 Å². The summed E-state index contributed by atoms with van der Waals surface area (Å²) in [5.74, 6) is -0.299. The summed E-state index contributed by atoms with van der Waals surface area (Å²) in [4.78, 5) is 24.0. The maximum atomic E-state index is 12.0. The van der Waals surface area contributed by atoms with Crippen molar-refractivity contribution in [3.8, 4) is 0 Å². The summed E-state index contributed by atoms with van der Waals surface area (Å²) >= 11 is 0. The standard InChI is InChI=1S/C19H29NO4/c1-18(2,3)16(21)23-13-15(12-14-10-8-7-9-11-14)20-17(22)24-19(4,5)6/h7-11,15H,12-13H2,1-6H3,(H,20,22)/t15-/m0/s1. The van der Waals surface area contributed by atoms with Crippen LogP contribution in [0.25, 0.3) is 0 Å². The van der Waals surface area contributed by atoms with Crippen molar-refractivity contribution < 1.29 is 19.1 Å². The van der Waals surface area contributed by atoms with Crippen molar-refractivity contribution in [2.24, 2.45) is 5.41 Å². The number of nitrogens with one attached hydrogen (secondary N) is 1. The minimum atomic E-state index is -0.580. The van der Waals surface area contributed by atoms with Crippen molar-refractivity contribution in [3.05, 3.63) is 35.9 Å². The Labute approximate surface area is 144 Å². The highest BCUT2D eigenvalue weighted by Gasteiger charge is 2.25. The van der Waals surface area contributed by atoms with Gasteiger partial charge in [-0.1, -0.05) is 30.3 Å². The van der Waals surface area contributed by atoms with Crippen LogP contribution in [0.2, 0.25) is 0 Å². The Bertz CT molecular complexity index is 541. The molecule has 0 saturated carbocycles. The van der Waals surface area contributed by atoms with Crippen LogP contribution in [0.5, 0.6) is 0 Å². The Hall–Kier alpha value is -2.04. The Balaban J connectivity index is 2.72. The van der Waals surface area contributed by atoms with Crippen LogP contribution >= 0.6 is 0 Å². The van der Waals surface area contributed by atoms with Crippen LogP contribution in [0.1, 0.15) is 47.1 Å². The van der Waals surface area contributed by atoms with Gasteiger partial charge in [0.05, 0.1) is 11.5 Å². The predicted octanol–water partition coefficient (Wildman–Crippen LogP) is 3.71. The highest BCUT2D eigenvalue weighted by molar-refractivity contribution is 5.75. The van der Waals surface area contributed by atoms with Gasteiger partial charge in [-0.25, -0.2) is 4.79 Å². The number of rotatable bonds is 5. The minimum absolute atomic E-state index is 0.101. The molecule has 1 N–H and O–H groups in total. The topological polar surface area (TPSA) is 64.6 Å². The van der Waals surface area contributed by atoms with Gasteiger partial charge in [0.15, 0.2) is 0 Å². The predicted molar refractivity (Wildman–Crippen MR) is 93.7 cm³/mol. The second-order valence-electron chi connectivity index (χ2n) is 7.88. The molecule has 0 aliphatic heterocycles. The molecule has 1 aromatic rings. The van der Waals surface area contributed by atoms with E-state index in [1.165, 1.54) is 0 Å². The molecule has 134 valence electrons. The SMILES string of the molecule is CC(C)(C)OC(=O)N[C@H](COC(=O)C(C)(C)C)Cc1ccccc1. The first-order chi connectivity index (χ1) is 11.0. The van der Waals surface area contributed by atoms with Gasteiger partial charge in [-0.3, -0.25) is 4.79 Å². The highest BCUT2D eigenvalue weighted by atomic mass is 16.6. The van der Waals surface area contributed by atoms with Gasteiger partial charge in [0.2, 0.25) is 0 Å². The average Bonchev–Trinajstić information content (AvgIpc) is 2.42. The maximum Gasteiger partial charge on any atom is 0.408 e. The lowest BCUT2D eigenvalue weighted by atomic mass is 9.97. The second kappa shape index (κ2) is 8.18. The molecule has 0 fully saturated rings. The zero-order valence-electron chi connectivity index (χ0n) is 15.5. The zero-order chi connectivity index (χ0) is 18.4. The van der Waals surface area contributed by atoms with Crippen LogP contribution < -0.4 is 5.32 Å². The molecule has 0 spiro atoms. The van der Waals surface area contributed by atoms with Gasteiger partial charge in [-0.05, 0) is 53.5 Å². The minimum Gasteiger partial charge on any atom is -0.463 e. The summed E-state index contributed by atoms with van der Waals surface area (Å²) in [5, 5.41) is 2.79. The average molecular weight is 335 g/mol. The van der Waals surface area contributed by atoms with E-state index >= 15 is 0 Å². The molecule has 0 saturated heterocycles. The van der Waals surface area contributed by atoms with Crippen LogP contribution in [0.15, 0.2) is 30.3 Å². The maximum absolute atomic E-state index is 12.0. The van der Waals surface area contributed by atoms with Gasteiger partial charge in [0.1, 0.15) is 12.2 Å². The zero-order valence-corrected chi connectivity index (χ0v) is 15.5. The summed E-state index contributed by atoms with van der Waals surface area (Å²) in [6.07, 6.45) is 0.0348. The number of benzene rings is 1. The van der Waals surface area contributed by atoms with E-state index < -0.39 is 17.1 Å². The summed E-state index contributed by atoms with van der Waals surface area (Å²) in [6.45, 7) is 10.9. The quantitative estimate of drug-likeness (QED) is 0.833. The van der Waals surface area contributed by atoms with Gasteiger partial charge < -0.3 is 14.8 Å². The third-order valence-corrected chi connectivity index (χ3v) is 3.07. The fourth-order valence-corrected chi connectivity index (χ4v) is 1.92. The number of carbonyl (C=O) groups excluding carboxylic acids is 2. The Kier molecular flexibility index (Phi) is 6.81. The number of esters is 1. The third-order valence-electron chi connectivity index (χ3n) is 3.07. The number of ether oxygens (including phenoxy) is 2. The molecule has 0 aromatic heterocycles. The lowest BCUT2D eigenvalue weighted by Crippen LogP contribution is -2.43. The summed E-state index contributed by atoms with van der Waals surface area (Å²) in [7, 11) is 0. The number of amides is 1. The van der Waals surface area contributed by atoms with E-state index in [1.807, 2.05) is 30.3 Å². The first kappa shape index (κ1) is 20.0. The molecule has 0 radical (unpaired) electrons. The van der Waals surface area contributed by atoms with Crippen molar-refractivity contribution in [2.75, 3.05) is 6.61 Å². The van der Waals surface area contributed by atoms with Crippen LogP contribution in [-0.4, -0.2) is 30.3 Å². The first-order valence-corrected chi connectivity index (χ1v) is 8.18. The first-order valence-electron chi connectivity index (χ1n) is 8.18. The second-order valence-corrected chi connectivity index (χ2v) is 7.88. The highest BCUT2D eigenvalue weighted by Crippen LogP contribution is 2.16. The smallest absolute Gasteiger partial charge is 0.408 e. The monoisotopic (exact) mass is 335 g/mol. The molecule has 0 bridgehead atoms. The molecule has 0 aliphatic carbocycles. The number of alkyl carbamates (subject to hydrolysis) is 1. The largest absolute Gasteiger partial charge is 0.463 e. The molecule has 1 amide bonds. The fourth-order valence-electron chi connectivity index (χ4n) is 1.92. The number of hydrogen-bond donors (Lipinski definition) is 1. The molecule has 0 aliphatic rings. The Morgan fingerprint density at radius 1 is 1.04 bits per heavy atom.